The van der Waals surface area contributed by atoms with Gasteiger partial charge in [-0.3, -0.25) is 0 Å². The van der Waals surface area contributed by atoms with Gasteiger partial charge in [-0.05, 0) is 32.9 Å². The van der Waals surface area contributed by atoms with Gasteiger partial charge in [0, 0.05) is 5.75 Å². The standard InChI is InChI=1S/C19H16N6S/c1-12-17(10-21)19(23-14(3)22-12)26-11-18-16(9-20)13(2)24-25(18)15-7-5-4-6-8-15/h4-8H,11H2,1-3H3. The van der Waals surface area contributed by atoms with Gasteiger partial charge in [-0.15, -0.1) is 0 Å². The number of aromatic nitrogens is 4. The largest absolute Gasteiger partial charge is 0.237 e. The molecule has 128 valence electrons. The predicted octanol–water partition coefficient (Wildman–Crippen LogP) is 3.62. The highest BCUT2D eigenvalue weighted by Crippen LogP contribution is 2.29. The minimum Gasteiger partial charge on any atom is -0.237 e. The molecule has 0 aliphatic rings. The average molecular weight is 360 g/mol. The number of para-hydroxylation sites is 1. The van der Waals surface area contributed by atoms with Crippen LogP contribution in [0.4, 0.5) is 0 Å². The van der Waals surface area contributed by atoms with E-state index in [4.69, 9.17) is 0 Å². The third kappa shape index (κ3) is 3.30. The summed E-state index contributed by atoms with van der Waals surface area (Å²) in [6.45, 7) is 5.43. The number of hydrogen-bond donors (Lipinski definition) is 0. The Morgan fingerprint density at radius 2 is 1.65 bits per heavy atom. The van der Waals surface area contributed by atoms with Crippen molar-refractivity contribution in [3.8, 4) is 17.8 Å². The van der Waals surface area contributed by atoms with Crippen molar-refractivity contribution < 1.29 is 0 Å². The van der Waals surface area contributed by atoms with E-state index in [1.54, 1.807) is 18.5 Å². The summed E-state index contributed by atoms with van der Waals surface area (Å²) in [7, 11) is 0. The first-order chi connectivity index (χ1) is 12.5. The fraction of sp³-hybridized carbons (Fsp3) is 0.211. The first-order valence-corrected chi connectivity index (χ1v) is 8.96. The molecule has 1 aromatic carbocycles. The molecular weight excluding hydrogens is 344 g/mol. The van der Waals surface area contributed by atoms with Crippen LogP contribution in [0.25, 0.3) is 5.69 Å². The van der Waals surface area contributed by atoms with Gasteiger partial charge >= 0.3 is 0 Å². The van der Waals surface area contributed by atoms with Gasteiger partial charge in [-0.25, -0.2) is 14.6 Å². The number of nitrogens with zero attached hydrogens (tertiary/aromatic N) is 6. The van der Waals surface area contributed by atoms with Gasteiger partial charge in [0.1, 0.15) is 28.6 Å². The summed E-state index contributed by atoms with van der Waals surface area (Å²) in [6, 6.07) is 14.1. The second-order valence-electron chi connectivity index (χ2n) is 5.70. The van der Waals surface area contributed by atoms with Gasteiger partial charge < -0.3 is 0 Å². The van der Waals surface area contributed by atoms with Crippen LogP contribution < -0.4 is 0 Å². The molecule has 26 heavy (non-hydrogen) atoms. The topological polar surface area (TPSA) is 91.2 Å². The number of aryl methyl sites for hydroxylation is 3. The van der Waals surface area contributed by atoms with Gasteiger partial charge in [-0.1, -0.05) is 30.0 Å². The van der Waals surface area contributed by atoms with Crippen LogP contribution >= 0.6 is 11.8 Å². The molecule has 0 spiro atoms. The van der Waals surface area contributed by atoms with Gasteiger partial charge in [0.2, 0.25) is 0 Å². The molecule has 0 bridgehead atoms. The molecular formula is C19H16N6S. The second-order valence-corrected chi connectivity index (χ2v) is 6.67. The summed E-state index contributed by atoms with van der Waals surface area (Å²) < 4.78 is 1.79. The van der Waals surface area contributed by atoms with Crippen molar-refractivity contribution in [2.45, 2.75) is 31.6 Å². The van der Waals surface area contributed by atoms with Crippen molar-refractivity contribution >= 4 is 11.8 Å². The van der Waals surface area contributed by atoms with Crippen molar-refractivity contribution in [2.24, 2.45) is 0 Å². The lowest BCUT2D eigenvalue weighted by Crippen LogP contribution is -2.03. The zero-order chi connectivity index (χ0) is 18.7. The van der Waals surface area contributed by atoms with E-state index in [2.05, 4.69) is 27.2 Å². The number of thioether (sulfide) groups is 1. The van der Waals surface area contributed by atoms with Crippen molar-refractivity contribution in [1.82, 2.24) is 19.7 Å². The fourth-order valence-electron chi connectivity index (χ4n) is 2.69. The molecule has 0 aliphatic carbocycles. The van der Waals surface area contributed by atoms with Crippen molar-refractivity contribution in [3.05, 3.63) is 64.4 Å². The van der Waals surface area contributed by atoms with Crippen LogP contribution in [0.1, 0.15) is 34.0 Å². The zero-order valence-corrected chi connectivity index (χ0v) is 15.5. The van der Waals surface area contributed by atoms with E-state index in [1.807, 2.05) is 37.3 Å². The Kier molecular flexibility index (Phi) is 5.01. The van der Waals surface area contributed by atoms with Crippen LogP contribution in [0.5, 0.6) is 0 Å². The molecule has 0 N–H and O–H groups in total. The smallest absolute Gasteiger partial charge is 0.126 e. The van der Waals surface area contributed by atoms with Crippen LogP contribution in [-0.4, -0.2) is 19.7 Å². The lowest BCUT2D eigenvalue weighted by molar-refractivity contribution is 0.828. The Bertz CT molecular complexity index is 1040. The molecule has 0 saturated carbocycles. The molecule has 0 radical (unpaired) electrons. The summed E-state index contributed by atoms with van der Waals surface area (Å²) in [5, 5.41) is 24.1. The summed E-state index contributed by atoms with van der Waals surface area (Å²) in [6.07, 6.45) is 0. The van der Waals surface area contributed by atoms with E-state index in [9.17, 15) is 10.5 Å². The summed E-state index contributed by atoms with van der Waals surface area (Å²) >= 11 is 1.42. The quantitative estimate of drug-likeness (QED) is 0.521. The number of hydrogen-bond acceptors (Lipinski definition) is 6. The van der Waals surface area contributed by atoms with E-state index < -0.39 is 0 Å². The molecule has 2 heterocycles. The molecule has 0 atom stereocenters. The molecule has 3 rings (SSSR count). The molecule has 0 amide bonds. The zero-order valence-electron chi connectivity index (χ0n) is 14.7. The maximum atomic E-state index is 9.56. The fourth-order valence-corrected chi connectivity index (χ4v) is 3.76. The first-order valence-electron chi connectivity index (χ1n) is 7.97. The van der Waals surface area contributed by atoms with Crippen LogP contribution in [0.3, 0.4) is 0 Å². The highest BCUT2D eigenvalue weighted by Gasteiger charge is 2.18. The minimum atomic E-state index is 0.474. The number of rotatable bonds is 4. The van der Waals surface area contributed by atoms with E-state index >= 15 is 0 Å². The lowest BCUT2D eigenvalue weighted by atomic mass is 10.2. The Hall–Kier alpha value is -3.16. The van der Waals surface area contributed by atoms with Crippen molar-refractivity contribution in [1.29, 1.82) is 10.5 Å². The van der Waals surface area contributed by atoms with Gasteiger partial charge in [-0.2, -0.15) is 15.6 Å². The molecule has 2 aromatic heterocycles. The average Bonchev–Trinajstić information content (AvgIpc) is 2.95. The predicted molar refractivity (Wildman–Crippen MR) is 98.8 cm³/mol. The lowest BCUT2D eigenvalue weighted by Gasteiger charge is -2.09. The van der Waals surface area contributed by atoms with E-state index in [0.717, 1.165) is 11.4 Å². The van der Waals surface area contributed by atoms with Crippen LogP contribution in [-0.2, 0) is 5.75 Å². The van der Waals surface area contributed by atoms with Crippen LogP contribution in [0.2, 0.25) is 0 Å². The Labute approximate surface area is 156 Å². The van der Waals surface area contributed by atoms with Gasteiger partial charge in [0.25, 0.3) is 0 Å². The molecule has 7 heteroatoms. The molecule has 0 aliphatic heterocycles. The third-order valence-electron chi connectivity index (χ3n) is 3.89. The normalized spacial score (nSPS) is 10.3. The highest BCUT2D eigenvalue weighted by atomic mass is 32.2. The Morgan fingerprint density at radius 1 is 0.962 bits per heavy atom. The highest BCUT2D eigenvalue weighted by molar-refractivity contribution is 7.98. The van der Waals surface area contributed by atoms with E-state index in [-0.39, 0.29) is 0 Å². The Balaban J connectivity index is 2.02. The maximum absolute atomic E-state index is 9.56. The van der Waals surface area contributed by atoms with E-state index in [0.29, 0.717) is 39.1 Å². The SMILES string of the molecule is Cc1nc(C)c(C#N)c(SCc2c(C#N)c(C)nn2-c2ccccc2)n1. The summed E-state index contributed by atoms with van der Waals surface area (Å²) in [5.41, 5.74) is 4.06. The molecule has 0 unspecified atom stereocenters. The van der Waals surface area contributed by atoms with Crippen molar-refractivity contribution in [3.63, 3.8) is 0 Å². The van der Waals surface area contributed by atoms with Crippen LogP contribution in [0.15, 0.2) is 35.4 Å². The second kappa shape index (κ2) is 7.38. The minimum absolute atomic E-state index is 0.474. The Morgan fingerprint density at radius 3 is 2.31 bits per heavy atom. The maximum Gasteiger partial charge on any atom is 0.126 e. The summed E-state index contributed by atoms with van der Waals surface area (Å²) in [4.78, 5) is 8.65. The van der Waals surface area contributed by atoms with Gasteiger partial charge in [0.05, 0.1) is 28.3 Å². The van der Waals surface area contributed by atoms with Crippen LogP contribution in [0, 0.1) is 43.4 Å². The molecule has 0 fully saturated rings. The molecule has 6 nitrogen and oxygen atoms in total. The van der Waals surface area contributed by atoms with Gasteiger partial charge in [0.15, 0.2) is 0 Å². The van der Waals surface area contributed by atoms with Crippen molar-refractivity contribution in [2.75, 3.05) is 0 Å². The third-order valence-corrected chi connectivity index (χ3v) is 4.88. The van der Waals surface area contributed by atoms with E-state index in [1.165, 1.54) is 11.8 Å². The molecule has 0 saturated heterocycles. The monoisotopic (exact) mass is 360 g/mol. The summed E-state index contributed by atoms with van der Waals surface area (Å²) in [5.74, 6) is 1.10. The number of nitriles is 2. The number of benzene rings is 1. The molecule has 3 aromatic rings. The first kappa shape index (κ1) is 17.7.